The van der Waals surface area contributed by atoms with Gasteiger partial charge in [0.25, 0.3) is 5.91 Å². The van der Waals surface area contributed by atoms with E-state index in [1.165, 1.54) is 0 Å². The molecule has 0 radical (unpaired) electrons. The number of aromatic nitrogens is 1. The summed E-state index contributed by atoms with van der Waals surface area (Å²) in [5.41, 5.74) is 1.36. The van der Waals surface area contributed by atoms with Crippen molar-refractivity contribution in [1.29, 1.82) is 0 Å². The molecule has 0 aliphatic rings. The van der Waals surface area contributed by atoms with Crippen molar-refractivity contribution in [1.82, 2.24) is 10.3 Å². The van der Waals surface area contributed by atoms with Crippen LogP contribution in [-0.4, -0.2) is 22.8 Å². The lowest BCUT2D eigenvalue weighted by molar-refractivity contribution is 0.0931. The van der Waals surface area contributed by atoms with E-state index >= 15 is 0 Å². The Balaban J connectivity index is 2.68. The Morgan fingerprint density at radius 1 is 1.53 bits per heavy atom. The van der Waals surface area contributed by atoms with Gasteiger partial charge in [0.1, 0.15) is 5.69 Å². The van der Waals surface area contributed by atoms with Gasteiger partial charge >= 0.3 is 0 Å². The molecule has 0 spiro atoms. The zero-order valence-electron chi connectivity index (χ0n) is 10.5. The first-order valence-electron chi connectivity index (χ1n) is 5.83. The summed E-state index contributed by atoms with van der Waals surface area (Å²) in [7, 11) is 0. The predicted octanol–water partition coefficient (Wildman–Crippen LogP) is 2.77. The highest BCUT2D eigenvalue weighted by atomic mass is 35.5. The van der Waals surface area contributed by atoms with Crippen LogP contribution in [0.5, 0.6) is 0 Å². The van der Waals surface area contributed by atoms with Gasteiger partial charge < -0.3 is 5.32 Å². The van der Waals surface area contributed by atoms with Crippen LogP contribution in [0.25, 0.3) is 0 Å². The number of nitrogens with zero attached hydrogens (tertiary/aromatic N) is 1. The number of hydrogen-bond donors (Lipinski definition) is 1. The minimum absolute atomic E-state index is 0.00516. The van der Waals surface area contributed by atoms with Gasteiger partial charge in [-0.2, -0.15) is 0 Å². The molecular formula is C13H19ClN2O. The van der Waals surface area contributed by atoms with Crippen molar-refractivity contribution in [3.63, 3.8) is 0 Å². The maximum absolute atomic E-state index is 12.0. The van der Waals surface area contributed by atoms with Gasteiger partial charge in [0.05, 0.1) is 0 Å². The molecule has 1 aromatic heterocycles. The summed E-state index contributed by atoms with van der Waals surface area (Å²) in [4.78, 5) is 16.1. The maximum Gasteiger partial charge on any atom is 0.270 e. The summed E-state index contributed by atoms with van der Waals surface area (Å²) < 4.78 is 0. The van der Waals surface area contributed by atoms with Crippen LogP contribution >= 0.6 is 11.6 Å². The van der Waals surface area contributed by atoms with Crippen molar-refractivity contribution in [2.45, 2.75) is 33.2 Å². The first kappa shape index (κ1) is 14.0. The molecule has 1 rings (SSSR count). The lowest BCUT2D eigenvalue weighted by Gasteiger charge is -2.18. The average molecular weight is 255 g/mol. The number of alkyl halides is 1. The standard InChI is InChI=1S/C13H19ClN2O/c1-9(2)7-11(8-14)16-13(17)12-10(3)5-4-6-15-12/h4-6,9,11H,7-8H2,1-3H3,(H,16,17). The van der Waals surface area contributed by atoms with Crippen molar-refractivity contribution >= 4 is 17.5 Å². The molecule has 0 saturated carbocycles. The van der Waals surface area contributed by atoms with Crippen LogP contribution in [0, 0.1) is 12.8 Å². The molecular weight excluding hydrogens is 236 g/mol. The van der Waals surface area contributed by atoms with E-state index < -0.39 is 0 Å². The summed E-state index contributed by atoms with van der Waals surface area (Å²) in [6, 6.07) is 3.70. The Morgan fingerprint density at radius 3 is 2.76 bits per heavy atom. The quantitative estimate of drug-likeness (QED) is 0.821. The second kappa shape index (κ2) is 6.60. The average Bonchev–Trinajstić information content (AvgIpc) is 2.27. The van der Waals surface area contributed by atoms with Gasteiger partial charge in [0, 0.05) is 18.1 Å². The Bertz CT molecular complexity index is 379. The molecule has 3 nitrogen and oxygen atoms in total. The summed E-state index contributed by atoms with van der Waals surface area (Å²) in [6.45, 7) is 6.09. The van der Waals surface area contributed by atoms with E-state index in [-0.39, 0.29) is 11.9 Å². The summed E-state index contributed by atoms with van der Waals surface area (Å²) in [5.74, 6) is 0.786. The second-order valence-electron chi connectivity index (χ2n) is 4.62. The van der Waals surface area contributed by atoms with Crippen LogP contribution in [0.15, 0.2) is 18.3 Å². The fourth-order valence-electron chi connectivity index (χ4n) is 1.71. The molecule has 1 aromatic rings. The highest BCUT2D eigenvalue weighted by Gasteiger charge is 2.16. The molecule has 94 valence electrons. The van der Waals surface area contributed by atoms with Crippen LogP contribution in [-0.2, 0) is 0 Å². The third kappa shape index (κ3) is 4.35. The van der Waals surface area contributed by atoms with Gasteiger partial charge in [-0.25, -0.2) is 0 Å². The van der Waals surface area contributed by atoms with Gasteiger partial charge in [0.15, 0.2) is 0 Å². The highest BCUT2D eigenvalue weighted by molar-refractivity contribution is 6.18. The minimum atomic E-state index is -0.144. The van der Waals surface area contributed by atoms with Crippen LogP contribution in [0.3, 0.4) is 0 Å². The molecule has 0 bridgehead atoms. The van der Waals surface area contributed by atoms with E-state index in [0.717, 1.165) is 12.0 Å². The third-order valence-corrected chi connectivity index (χ3v) is 2.87. The first-order chi connectivity index (χ1) is 8.04. The number of carbonyl (C=O) groups is 1. The predicted molar refractivity (Wildman–Crippen MR) is 70.4 cm³/mol. The summed E-state index contributed by atoms with van der Waals surface area (Å²) in [5, 5.41) is 2.92. The molecule has 1 atom stereocenters. The zero-order chi connectivity index (χ0) is 12.8. The summed E-state index contributed by atoms with van der Waals surface area (Å²) in [6.07, 6.45) is 2.50. The number of aryl methyl sites for hydroxylation is 1. The van der Waals surface area contributed by atoms with E-state index in [9.17, 15) is 4.79 Å². The third-order valence-electron chi connectivity index (χ3n) is 2.50. The lowest BCUT2D eigenvalue weighted by atomic mass is 10.0. The van der Waals surface area contributed by atoms with Crippen LogP contribution in [0.2, 0.25) is 0 Å². The lowest BCUT2D eigenvalue weighted by Crippen LogP contribution is -2.37. The van der Waals surface area contributed by atoms with Crippen molar-refractivity contribution in [3.8, 4) is 0 Å². The topological polar surface area (TPSA) is 42.0 Å². The van der Waals surface area contributed by atoms with Crippen LogP contribution in [0.4, 0.5) is 0 Å². The molecule has 1 N–H and O–H groups in total. The van der Waals surface area contributed by atoms with E-state index in [2.05, 4.69) is 24.1 Å². The van der Waals surface area contributed by atoms with E-state index in [1.807, 2.05) is 19.1 Å². The van der Waals surface area contributed by atoms with Gasteiger partial charge in [-0.3, -0.25) is 9.78 Å². The number of halogens is 1. The Labute approximate surface area is 108 Å². The first-order valence-corrected chi connectivity index (χ1v) is 6.36. The van der Waals surface area contributed by atoms with Crippen LogP contribution < -0.4 is 5.32 Å². The van der Waals surface area contributed by atoms with Gasteiger partial charge in [-0.1, -0.05) is 19.9 Å². The van der Waals surface area contributed by atoms with E-state index in [0.29, 0.717) is 17.5 Å². The number of amides is 1. The largest absolute Gasteiger partial charge is 0.347 e. The van der Waals surface area contributed by atoms with Crippen molar-refractivity contribution in [2.24, 2.45) is 5.92 Å². The zero-order valence-corrected chi connectivity index (χ0v) is 11.3. The molecule has 1 amide bonds. The molecule has 17 heavy (non-hydrogen) atoms. The highest BCUT2D eigenvalue weighted by Crippen LogP contribution is 2.08. The molecule has 0 aromatic carbocycles. The van der Waals surface area contributed by atoms with Crippen LogP contribution in [0.1, 0.15) is 36.3 Å². The van der Waals surface area contributed by atoms with Crippen molar-refractivity contribution in [3.05, 3.63) is 29.6 Å². The number of hydrogen-bond acceptors (Lipinski definition) is 2. The fraction of sp³-hybridized carbons (Fsp3) is 0.538. The van der Waals surface area contributed by atoms with Gasteiger partial charge in [-0.05, 0) is 30.9 Å². The Morgan fingerprint density at radius 2 is 2.24 bits per heavy atom. The van der Waals surface area contributed by atoms with E-state index in [4.69, 9.17) is 11.6 Å². The molecule has 0 aliphatic carbocycles. The molecule has 1 unspecified atom stereocenters. The monoisotopic (exact) mass is 254 g/mol. The Kier molecular flexibility index (Phi) is 5.42. The fourth-order valence-corrected chi connectivity index (χ4v) is 1.91. The number of nitrogens with one attached hydrogen (secondary N) is 1. The molecule has 0 aliphatic heterocycles. The van der Waals surface area contributed by atoms with Crippen molar-refractivity contribution in [2.75, 3.05) is 5.88 Å². The Hall–Kier alpha value is -1.09. The van der Waals surface area contributed by atoms with Crippen molar-refractivity contribution < 1.29 is 4.79 Å². The molecule has 0 saturated heterocycles. The normalized spacial score (nSPS) is 12.5. The van der Waals surface area contributed by atoms with Gasteiger partial charge in [-0.15, -0.1) is 11.6 Å². The summed E-state index contributed by atoms with van der Waals surface area (Å²) >= 11 is 5.85. The number of pyridine rings is 1. The molecule has 4 heteroatoms. The molecule has 0 fully saturated rings. The SMILES string of the molecule is Cc1cccnc1C(=O)NC(CCl)CC(C)C. The van der Waals surface area contributed by atoms with E-state index in [1.54, 1.807) is 6.20 Å². The minimum Gasteiger partial charge on any atom is -0.347 e. The number of rotatable bonds is 5. The second-order valence-corrected chi connectivity index (χ2v) is 4.93. The smallest absolute Gasteiger partial charge is 0.270 e. The molecule has 1 heterocycles. The number of carbonyl (C=O) groups excluding carboxylic acids is 1. The van der Waals surface area contributed by atoms with Gasteiger partial charge in [0.2, 0.25) is 0 Å². The maximum atomic E-state index is 12.0.